The molecule has 0 heterocycles. The molecule has 0 aliphatic rings. The molecule has 0 saturated heterocycles. The van der Waals surface area contributed by atoms with E-state index in [1.165, 1.54) is 12.1 Å². The Morgan fingerprint density at radius 3 is 2.36 bits per heavy atom. The van der Waals surface area contributed by atoms with E-state index in [1.54, 1.807) is 0 Å². The number of alkyl halides is 3. The predicted octanol–water partition coefficient (Wildman–Crippen LogP) is 3.27. The zero-order valence-electron chi connectivity index (χ0n) is 5.24. The van der Waals surface area contributed by atoms with E-state index >= 15 is 0 Å². The van der Waals surface area contributed by atoms with Gasteiger partial charge in [-0.2, -0.15) is 13.2 Å². The third-order valence-electron chi connectivity index (χ3n) is 1.07. The smallest absolute Gasteiger partial charge is 0.166 e. The van der Waals surface area contributed by atoms with Crippen molar-refractivity contribution in [2.45, 2.75) is 6.18 Å². The summed E-state index contributed by atoms with van der Waals surface area (Å²) in [6, 6.07) is 5.80. The summed E-state index contributed by atoms with van der Waals surface area (Å²) in [6.45, 7) is 0. The molecule has 59 valence electrons. The Balaban J connectivity index is 3.06. The summed E-state index contributed by atoms with van der Waals surface area (Å²) >= 11 is 2.93. The van der Waals surface area contributed by atoms with Crippen LogP contribution in [0.5, 0.6) is 0 Å². The summed E-state index contributed by atoms with van der Waals surface area (Å²) in [5.74, 6) is 0. The summed E-state index contributed by atoms with van der Waals surface area (Å²) in [6.07, 6.45) is -4.30. The van der Waals surface area contributed by atoms with Crippen molar-refractivity contribution in [1.29, 1.82) is 0 Å². The van der Waals surface area contributed by atoms with Crippen LogP contribution in [0, 0.1) is 6.07 Å². The fourth-order valence-corrected chi connectivity index (χ4v) is 0.963. The van der Waals surface area contributed by atoms with Crippen molar-refractivity contribution in [2.75, 3.05) is 0 Å². The lowest BCUT2D eigenvalue weighted by Crippen LogP contribution is -2.04. The molecule has 0 aliphatic heterocycles. The molecule has 0 aliphatic carbocycles. The molecule has 11 heavy (non-hydrogen) atoms. The first-order chi connectivity index (χ1) is 5.00. The highest BCUT2D eigenvalue weighted by Crippen LogP contribution is 2.30. The number of halogens is 4. The Kier molecular flexibility index (Phi) is 2.23. The van der Waals surface area contributed by atoms with E-state index in [0.29, 0.717) is 4.47 Å². The van der Waals surface area contributed by atoms with E-state index in [9.17, 15) is 13.2 Å². The fraction of sp³-hybridized carbons (Fsp3) is 0.143. The van der Waals surface area contributed by atoms with Gasteiger partial charge in [0.1, 0.15) is 0 Å². The molecule has 0 N–H and O–H groups in total. The molecule has 1 aromatic rings. The maximum Gasteiger partial charge on any atom is 0.417 e. The maximum absolute atomic E-state index is 11.9. The maximum atomic E-state index is 11.9. The van der Waals surface area contributed by atoms with Crippen LogP contribution in [0.3, 0.4) is 0 Å². The fourth-order valence-electron chi connectivity index (χ4n) is 0.602. The van der Waals surface area contributed by atoms with Gasteiger partial charge in [0.25, 0.3) is 0 Å². The molecule has 0 saturated carbocycles. The van der Waals surface area contributed by atoms with Gasteiger partial charge in [0, 0.05) is 4.47 Å². The topological polar surface area (TPSA) is 0 Å². The highest BCUT2D eigenvalue weighted by molar-refractivity contribution is 9.10. The van der Waals surface area contributed by atoms with Gasteiger partial charge in [-0.15, -0.1) is 0 Å². The lowest BCUT2D eigenvalue weighted by atomic mass is 10.2. The molecule has 0 nitrogen and oxygen atoms in total. The van der Waals surface area contributed by atoms with E-state index in [0.717, 1.165) is 6.07 Å². The highest BCUT2D eigenvalue weighted by Gasteiger charge is 2.30. The van der Waals surface area contributed by atoms with E-state index in [2.05, 4.69) is 22.0 Å². The summed E-state index contributed by atoms with van der Waals surface area (Å²) in [5.41, 5.74) is -0.758. The van der Waals surface area contributed by atoms with Crippen molar-refractivity contribution >= 4 is 15.9 Å². The van der Waals surface area contributed by atoms with Crippen molar-refractivity contribution < 1.29 is 13.2 Å². The SMILES string of the molecule is FC(F)(F)c1[c]ccc(Br)c1. The second kappa shape index (κ2) is 2.85. The Morgan fingerprint density at radius 1 is 1.36 bits per heavy atom. The third kappa shape index (κ3) is 2.22. The molecule has 1 radical (unpaired) electrons. The van der Waals surface area contributed by atoms with Crippen LogP contribution in [0.25, 0.3) is 0 Å². The third-order valence-corrected chi connectivity index (χ3v) is 1.56. The molecule has 1 aromatic carbocycles. The lowest BCUT2D eigenvalue weighted by molar-refractivity contribution is -0.137. The van der Waals surface area contributed by atoms with Gasteiger partial charge in [-0.3, -0.25) is 0 Å². The zero-order chi connectivity index (χ0) is 8.48. The minimum absolute atomic E-state index is 0.406. The monoisotopic (exact) mass is 223 g/mol. The van der Waals surface area contributed by atoms with Gasteiger partial charge in [-0.1, -0.05) is 22.0 Å². The first-order valence-corrected chi connectivity index (χ1v) is 3.54. The van der Waals surface area contributed by atoms with Crippen LogP contribution in [0.2, 0.25) is 0 Å². The number of benzene rings is 1. The van der Waals surface area contributed by atoms with E-state index in [1.807, 2.05) is 0 Å². The summed E-state index contributed by atoms with van der Waals surface area (Å²) < 4.78 is 36.2. The predicted molar refractivity (Wildman–Crippen MR) is 38.0 cm³/mol. The van der Waals surface area contributed by atoms with Crippen molar-refractivity contribution in [1.82, 2.24) is 0 Å². The van der Waals surface area contributed by atoms with Crippen LogP contribution < -0.4 is 0 Å². The number of rotatable bonds is 0. The Labute approximate surface area is 70.2 Å². The molecule has 0 amide bonds. The van der Waals surface area contributed by atoms with Crippen LogP contribution in [-0.2, 0) is 6.18 Å². The Hall–Kier alpha value is -0.510. The normalized spacial score (nSPS) is 11.6. The quantitative estimate of drug-likeness (QED) is 0.634. The van der Waals surface area contributed by atoms with E-state index < -0.39 is 11.7 Å². The van der Waals surface area contributed by atoms with Crippen LogP contribution in [-0.4, -0.2) is 0 Å². The van der Waals surface area contributed by atoms with Gasteiger partial charge in [0.15, 0.2) is 0 Å². The molecule has 0 fully saturated rings. The molecule has 0 atom stereocenters. The lowest BCUT2D eigenvalue weighted by Gasteiger charge is -2.04. The van der Waals surface area contributed by atoms with Gasteiger partial charge in [0.05, 0.1) is 5.56 Å². The Morgan fingerprint density at radius 2 is 2.00 bits per heavy atom. The first kappa shape index (κ1) is 8.59. The highest BCUT2D eigenvalue weighted by atomic mass is 79.9. The molecule has 0 spiro atoms. The molecular weight excluding hydrogens is 221 g/mol. The average Bonchev–Trinajstić information content (AvgIpc) is 1.86. The molecule has 0 bridgehead atoms. The molecule has 0 aromatic heterocycles. The van der Waals surface area contributed by atoms with Crippen LogP contribution in [0.15, 0.2) is 22.7 Å². The second-order valence-electron chi connectivity index (χ2n) is 1.92. The summed E-state index contributed by atoms with van der Waals surface area (Å²) in [7, 11) is 0. The van der Waals surface area contributed by atoms with Gasteiger partial charge in [-0.25, -0.2) is 0 Å². The average molecular weight is 224 g/mol. The van der Waals surface area contributed by atoms with Crippen LogP contribution >= 0.6 is 15.9 Å². The molecule has 0 unspecified atom stereocenters. The standard InChI is InChI=1S/C7H3BrF3/c8-6-3-1-2-5(4-6)7(9,10)11/h1,3-4H. The zero-order valence-corrected chi connectivity index (χ0v) is 6.83. The van der Waals surface area contributed by atoms with Crippen molar-refractivity contribution in [3.8, 4) is 0 Å². The van der Waals surface area contributed by atoms with E-state index in [-0.39, 0.29) is 0 Å². The van der Waals surface area contributed by atoms with Crippen molar-refractivity contribution in [2.24, 2.45) is 0 Å². The van der Waals surface area contributed by atoms with Crippen LogP contribution in [0.4, 0.5) is 13.2 Å². The van der Waals surface area contributed by atoms with Crippen molar-refractivity contribution in [3.05, 3.63) is 34.3 Å². The van der Waals surface area contributed by atoms with Gasteiger partial charge >= 0.3 is 6.18 Å². The summed E-state index contributed by atoms with van der Waals surface area (Å²) in [5, 5.41) is 0. The van der Waals surface area contributed by atoms with Gasteiger partial charge in [-0.05, 0) is 18.2 Å². The minimum Gasteiger partial charge on any atom is -0.166 e. The van der Waals surface area contributed by atoms with Gasteiger partial charge in [0.2, 0.25) is 0 Å². The molecule has 4 heteroatoms. The number of hydrogen-bond donors (Lipinski definition) is 0. The molecular formula is C7H3BrF3. The first-order valence-electron chi connectivity index (χ1n) is 2.74. The summed E-state index contributed by atoms with van der Waals surface area (Å²) in [4.78, 5) is 0. The van der Waals surface area contributed by atoms with Crippen molar-refractivity contribution in [3.63, 3.8) is 0 Å². The molecule has 1 rings (SSSR count). The largest absolute Gasteiger partial charge is 0.417 e. The Bertz CT molecular complexity index is 254. The van der Waals surface area contributed by atoms with E-state index in [4.69, 9.17) is 0 Å². The number of hydrogen-bond acceptors (Lipinski definition) is 0. The minimum atomic E-state index is -4.30. The second-order valence-corrected chi connectivity index (χ2v) is 2.83. The van der Waals surface area contributed by atoms with Gasteiger partial charge < -0.3 is 0 Å². The van der Waals surface area contributed by atoms with Crippen LogP contribution in [0.1, 0.15) is 5.56 Å².